The normalized spacial score (nSPS) is 12.4. The summed E-state index contributed by atoms with van der Waals surface area (Å²) in [6.07, 6.45) is -4.50. The lowest BCUT2D eigenvalue weighted by Gasteiger charge is -2.15. The zero-order chi connectivity index (χ0) is 17.4. The van der Waals surface area contributed by atoms with Gasteiger partial charge in [0.05, 0.1) is 17.8 Å². The lowest BCUT2D eigenvalue weighted by atomic mass is 9.92. The first-order valence-electron chi connectivity index (χ1n) is 6.97. The van der Waals surface area contributed by atoms with Crippen LogP contribution in [-0.4, -0.2) is 20.9 Å². The lowest BCUT2D eigenvalue weighted by molar-refractivity contribution is -0.138. The largest absolute Gasteiger partial charge is 0.477 e. The van der Waals surface area contributed by atoms with Crippen LogP contribution in [0.3, 0.4) is 0 Å². The number of hydrogen-bond acceptors (Lipinski definition) is 2. The molecule has 1 heterocycles. The second kappa shape index (κ2) is 5.72. The number of carbonyl (C=O) groups is 1. The molecule has 23 heavy (non-hydrogen) atoms. The van der Waals surface area contributed by atoms with Crippen molar-refractivity contribution in [3.63, 3.8) is 0 Å². The number of aromatic nitrogens is 2. The maximum atomic E-state index is 13.1. The second-order valence-electron chi connectivity index (χ2n) is 6.28. The molecule has 124 valence electrons. The fourth-order valence-corrected chi connectivity index (χ4v) is 2.17. The predicted octanol–water partition coefficient (Wildman–Crippen LogP) is 3.95. The van der Waals surface area contributed by atoms with E-state index in [4.69, 9.17) is 0 Å². The van der Waals surface area contributed by atoms with Gasteiger partial charge in [0.2, 0.25) is 0 Å². The number of alkyl halides is 3. The molecule has 0 spiro atoms. The van der Waals surface area contributed by atoms with Crippen LogP contribution in [0.5, 0.6) is 0 Å². The van der Waals surface area contributed by atoms with Crippen molar-refractivity contribution in [2.24, 2.45) is 0 Å². The quantitative estimate of drug-likeness (QED) is 0.929. The number of halogens is 3. The molecule has 1 aromatic carbocycles. The molecular weight excluding hydrogens is 309 g/mol. The van der Waals surface area contributed by atoms with E-state index in [9.17, 15) is 23.1 Å². The fraction of sp³-hybridized carbons (Fsp3) is 0.375. The van der Waals surface area contributed by atoms with Gasteiger partial charge < -0.3 is 5.11 Å². The second-order valence-corrected chi connectivity index (χ2v) is 6.28. The van der Waals surface area contributed by atoms with Gasteiger partial charge in [0.1, 0.15) is 5.69 Å². The lowest BCUT2D eigenvalue weighted by Crippen LogP contribution is -2.16. The highest BCUT2D eigenvalue weighted by molar-refractivity contribution is 5.85. The Labute approximate surface area is 131 Å². The van der Waals surface area contributed by atoms with E-state index >= 15 is 0 Å². The predicted molar refractivity (Wildman–Crippen MR) is 78.4 cm³/mol. The molecule has 7 heteroatoms. The van der Waals surface area contributed by atoms with Gasteiger partial charge in [0.25, 0.3) is 0 Å². The van der Waals surface area contributed by atoms with Gasteiger partial charge in [-0.05, 0) is 17.7 Å². The summed E-state index contributed by atoms with van der Waals surface area (Å²) in [7, 11) is 0. The Morgan fingerprint density at radius 2 is 1.83 bits per heavy atom. The standard InChI is InChI=1S/C16H17F3N2O2/c1-15(2,3)13-8-12(14(22)23)21(20-13)9-10-6-4-5-7-11(10)16(17,18)19/h4-8H,9H2,1-3H3,(H,22,23). The molecule has 0 aliphatic heterocycles. The molecule has 0 aliphatic rings. The average molecular weight is 326 g/mol. The molecule has 2 rings (SSSR count). The Hall–Kier alpha value is -2.31. The molecule has 0 radical (unpaired) electrons. The molecule has 0 unspecified atom stereocenters. The van der Waals surface area contributed by atoms with E-state index in [1.165, 1.54) is 24.3 Å². The maximum Gasteiger partial charge on any atom is 0.416 e. The molecule has 4 nitrogen and oxygen atoms in total. The van der Waals surface area contributed by atoms with Crippen LogP contribution in [0.1, 0.15) is 48.1 Å². The fourth-order valence-electron chi connectivity index (χ4n) is 2.17. The molecule has 1 N–H and O–H groups in total. The Morgan fingerprint density at radius 3 is 2.35 bits per heavy atom. The maximum absolute atomic E-state index is 13.1. The van der Waals surface area contributed by atoms with Crippen LogP contribution in [0.15, 0.2) is 30.3 Å². The van der Waals surface area contributed by atoms with Gasteiger partial charge in [0, 0.05) is 5.41 Å². The van der Waals surface area contributed by atoms with Gasteiger partial charge in [-0.3, -0.25) is 4.68 Å². The summed E-state index contributed by atoms with van der Waals surface area (Å²) in [4.78, 5) is 11.4. The van der Waals surface area contributed by atoms with Gasteiger partial charge in [-0.2, -0.15) is 18.3 Å². The van der Waals surface area contributed by atoms with Crippen molar-refractivity contribution < 1.29 is 23.1 Å². The van der Waals surface area contributed by atoms with Crippen molar-refractivity contribution in [2.45, 2.75) is 38.9 Å². The summed E-state index contributed by atoms with van der Waals surface area (Å²) < 4.78 is 40.3. The minimum Gasteiger partial charge on any atom is -0.477 e. The Kier molecular flexibility index (Phi) is 4.24. The third kappa shape index (κ3) is 3.72. The molecule has 0 aliphatic carbocycles. The van der Waals surface area contributed by atoms with E-state index in [1.54, 1.807) is 0 Å². The van der Waals surface area contributed by atoms with Crippen LogP contribution >= 0.6 is 0 Å². The summed E-state index contributed by atoms with van der Waals surface area (Å²) in [6, 6.07) is 6.49. The van der Waals surface area contributed by atoms with Gasteiger partial charge in [-0.1, -0.05) is 39.0 Å². The molecule has 0 saturated carbocycles. The van der Waals surface area contributed by atoms with Crippen LogP contribution in [0.4, 0.5) is 13.2 Å². The van der Waals surface area contributed by atoms with Crippen molar-refractivity contribution >= 4 is 5.97 Å². The van der Waals surface area contributed by atoms with Crippen molar-refractivity contribution in [1.82, 2.24) is 9.78 Å². The molecule has 0 amide bonds. The van der Waals surface area contributed by atoms with Crippen molar-refractivity contribution in [3.05, 3.63) is 52.8 Å². The molecule has 0 fully saturated rings. The highest BCUT2D eigenvalue weighted by Gasteiger charge is 2.33. The van der Waals surface area contributed by atoms with Crippen LogP contribution < -0.4 is 0 Å². The molecule has 2 aromatic rings. The SMILES string of the molecule is CC(C)(C)c1cc(C(=O)O)n(Cc2ccccc2C(F)(F)F)n1. The van der Waals surface area contributed by atoms with E-state index < -0.39 is 23.1 Å². The third-order valence-corrected chi connectivity index (χ3v) is 3.41. The van der Waals surface area contributed by atoms with Gasteiger partial charge in [-0.15, -0.1) is 0 Å². The zero-order valence-corrected chi connectivity index (χ0v) is 13.0. The highest BCUT2D eigenvalue weighted by Crippen LogP contribution is 2.32. The van der Waals surface area contributed by atoms with Crippen molar-refractivity contribution in [2.75, 3.05) is 0 Å². The Morgan fingerprint density at radius 1 is 1.22 bits per heavy atom. The number of benzene rings is 1. The monoisotopic (exact) mass is 326 g/mol. The van der Waals surface area contributed by atoms with Gasteiger partial charge in [0.15, 0.2) is 0 Å². The van der Waals surface area contributed by atoms with Crippen molar-refractivity contribution in [3.8, 4) is 0 Å². The van der Waals surface area contributed by atoms with Gasteiger partial charge >= 0.3 is 12.1 Å². The third-order valence-electron chi connectivity index (χ3n) is 3.41. The Bertz CT molecular complexity index is 728. The first-order chi connectivity index (χ1) is 10.5. The van der Waals surface area contributed by atoms with E-state index in [-0.39, 0.29) is 17.8 Å². The Balaban J connectivity index is 2.49. The number of aromatic carboxylic acids is 1. The summed E-state index contributed by atoms with van der Waals surface area (Å²) in [6.45, 7) is 5.31. The number of rotatable bonds is 3. The number of hydrogen-bond donors (Lipinski definition) is 1. The van der Waals surface area contributed by atoms with E-state index in [0.717, 1.165) is 10.7 Å². The summed E-state index contributed by atoms with van der Waals surface area (Å²) in [5.74, 6) is -1.22. The van der Waals surface area contributed by atoms with Gasteiger partial charge in [-0.25, -0.2) is 4.79 Å². The first-order valence-corrected chi connectivity index (χ1v) is 6.97. The van der Waals surface area contributed by atoms with E-state index in [1.807, 2.05) is 20.8 Å². The van der Waals surface area contributed by atoms with Crippen LogP contribution in [-0.2, 0) is 18.1 Å². The molecular formula is C16H17F3N2O2. The number of carboxylic acid groups (broad SMARTS) is 1. The van der Waals surface area contributed by atoms with E-state index in [0.29, 0.717) is 5.69 Å². The van der Waals surface area contributed by atoms with E-state index in [2.05, 4.69) is 5.10 Å². The minimum atomic E-state index is -4.50. The average Bonchev–Trinajstić information content (AvgIpc) is 2.82. The van der Waals surface area contributed by atoms with Crippen LogP contribution in [0, 0.1) is 0 Å². The topological polar surface area (TPSA) is 55.1 Å². The van der Waals surface area contributed by atoms with Crippen LogP contribution in [0.2, 0.25) is 0 Å². The smallest absolute Gasteiger partial charge is 0.416 e. The van der Waals surface area contributed by atoms with Crippen LogP contribution in [0.25, 0.3) is 0 Å². The summed E-state index contributed by atoms with van der Waals surface area (Å²) in [5.41, 5.74) is -0.833. The highest BCUT2D eigenvalue weighted by atomic mass is 19.4. The summed E-state index contributed by atoms with van der Waals surface area (Å²) >= 11 is 0. The number of carboxylic acids is 1. The molecule has 0 bridgehead atoms. The number of nitrogens with zero attached hydrogens (tertiary/aromatic N) is 2. The summed E-state index contributed by atoms with van der Waals surface area (Å²) in [5, 5.41) is 13.5. The first kappa shape index (κ1) is 17.1. The molecule has 0 saturated heterocycles. The minimum absolute atomic E-state index is 0.0222. The van der Waals surface area contributed by atoms with Crippen molar-refractivity contribution in [1.29, 1.82) is 0 Å². The molecule has 0 atom stereocenters. The zero-order valence-electron chi connectivity index (χ0n) is 13.0. The molecule has 1 aromatic heterocycles.